The van der Waals surface area contributed by atoms with Crippen molar-refractivity contribution < 1.29 is 13.5 Å². The van der Waals surface area contributed by atoms with Crippen LogP contribution in [0.5, 0.6) is 5.75 Å². The lowest BCUT2D eigenvalue weighted by atomic mass is 10.0. The first kappa shape index (κ1) is 10.8. The molecule has 2 nitrogen and oxygen atoms in total. The fraction of sp³-hybridized carbons (Fsp3) is 0.400. The Labute approximate surface area is 94.5 Å². The van der Waals surface area contributed by atoms with Crippen LogP contribution in [0.2, 0.25) is 0 Å². The second-order valence-electron chi connectivity index (χ2n) is 3.70. The van der Waals surface area contributed by atoms with E-state index >= 15 is 0 Å². The molecule has 0 radical (unpaired) electrons. The van der Waals surface area contributed by atoms with Crippen molar-refractivity contribution in [3.63, 3.8) is 0 Å². The average molecular weight is 278 g/mol. The SMILES string of the molecule is COc1ccc(Br)cc1C1(N)CC1(F)F. The Balaban J connectivity index is 2.48. The smallest absolute Gasteiger partial charge is 0.272 e. The molecule has 1 atom stereocenters. The van der Waals surface area contributed by atoms with E-state index in [0.29, 0.717) is 15.8 Å². The Hall–Kier alpha value is -0.680. The van der Waals surface area contributed by atoms with E-state index in [2.05, 4.69) is 15.9 Å². The van der Waals surface area contributed by atoms with Gasteiger partial charge in [-0.05, 0) is 18.2 Å². The maximum absolute atomic E-state index is 13.1. The number of halogens is 3. The molecule has 0 saturated heterocycles. The van der Waals surface area contributed by atoms with E-state index in [4.69, 9.17) is 10.5 Å². The molecule has 15 heavy (non-hydrogen) atoms. The molecular weight excluding hydrogens is 268 g/mol. The zero-order valence-electron chi connectivity index (χ0n) is 8.06. The van der Waals surface area contributed by atoms with Crippen molar-refractivity contribution in [1.82, 2.24) is 0 Å². The van der Waals surface area contributed by atoms with Gasteiger partial charge in [0.2, 0.25) is 0 Å². The molecule has 1 aliphatic carbocycles. The van der Waals surface area contributed by atoms with Gasteiger partial charge in [-0.2, -0.15) is 0 Å². The molecule has 5 heteroatoms. The summed E-state index contributed by atoms with van der Waals surface area (Å²) in [5.41, 5.74) is 4.42. The minimum Gasteiger partial charge on any atom is -0.496 e. The number of nitrogens with two attached hydrogens (primary N) is 1. The van der Waals surface area contributed by atoms with Gasteiger partial charge < -0.3 is 10.5 Å². The molecular formula is C10H10BrF2NO. The molecule has 1 unspecified atom stereocenters. The number of alkyl halides is 2. The predicted molar refractivity (Wildman–Crippen MR) is 56.1 cm³/mol. The van der Waals surface area contributed by atoms with Crippen molar-refractivity contribution >= 4 is 15.9 Å². The first-order valence-electron chi connectivity index (χ1n) is 4.41. The maximum Gasteiger partial charge on any atom is 0.272 e. The summed E-state index contributed by atoms with van der Waals surface area (Å²) in [6.07, 6.45) is -0.327. The third-order valence-corrected chi connectivity index (χ3v) is 3.16. The van der Waals surface area contributed by atoms with Gasteiger partial charge in [0.05, 0.1) is 7.11 Å². The first-order valence-corrected chi connectivity index (χ1v) is 5.21. The van der Waals surface area contributed by atoms with Crippen molar-refractivity contribution in [2.75, 3.05) is 7.11 Å². The van der Waals surface area contributed by atoms with Crippen LogP contribution in [0.25, 0.3) is 0 Å². The highest BCUT2D eigenvalue weighted by atomic mass is 79.9. The maximum atomic E-state index is 13.1. The fourth-order valence-electron chi connectivity index (χ4n) is 1.63. The molecule has 1 saturated carbocycles. The van der Waals surface area contributed by atoms with E-state index < -0.39 is 11.5 Å². The molecule has 82 valence electrons. The molecule has 2 rings (SSSR count). The largest absolute Gasteiger partial charge is 0.496 e. The van der Waals surface area contributed by atoms with Crippen LogP contribution < -0.4 is 10.5 Å². The van der Waals surface area contributed by atoms with Gasteiger partial charge in [-0.25, -0.2) is 8.78 Å². The molecule has 0 aromatic heterocycles. The van der Waals surface area contributed by atoms with E-state index in [0.717, 1.165) is 0 Å². The Kier molecular flexibility index (Phi) is 2.28. The van der Waals surface area contributed by atoms with Gasteiger partial charge in [-0.1, -0.05) is 15.9 Å². The summed E-state index contributed by atoms with van der Waals surface area (Å²) in [5.74, 6) is -2.43. The summed E-state index contributed by atoms with van der Waals surface area (Å²) in [4.78, 5) is 0. The number of rotatable bonds is 2. The van der Waals surface area contributed by atoms with Crippen LogP contribution in [0.1, 0.15) is 12.0 Å². The van der Waals surface area contributed by atoms with Gasteiger partial charge >= 0.3 is 0 Å². The lowest BCUT2D eigenvalue weighted by Crippen LogP contribution is -2.27. The summed E-state index contributed by atoms with van der Waals surface area (Å²) >= 11 is 3.23. The molecule has 1 fully saturated rings. The van der Waals surface area contributed by atoms with Gasteiger partial charge in [-0.15, -0.1) is 0 Å². The second-order valence-corrected chi connectivity index (χ2v) is 4.61. The first-order chi connectivity index (χ1) is 6.90. The van der Waals surface area contributed by atoms with E-state index in [1.54, 1.807) is 18.2 Å². The standard InChI is InChI=1S/C10H10BrF2NO/c1-15-8-3-2-6(11)4-7(8)9(14)5-10(9,12)13/h2-4H,5,14H2,1H3. The Morgan fingerprint density at radius 1 is 1.47 bits per heavy atom. The molecule has 0 spiro atoms. The van der Waals surface area contributed by atoms with Gasteiger partial charge in [0.15, 0.2) is 0 Å². The van der Waals surface area contributed by atoms with Crippen LogP contribution in [-0.2, 0) is 5.54 Å². The lowest BCUT2D eigenvalue weighted by Gasteiger charge is -2.15. The van der Waals surface area contributed by atoms with Gasteiger partial charge in [0, 0.05) is 16.5 Å². The minimum atomic E-state index is -2.83. The number of hydrogen-bond acceptors (Lipinski definition) is 2. The molecule has 1 aromatic rings. The topological polar surface area (TPSA) is 35.2 Å². The van der Waals surface area contributed by atoms with Crippen LogP contribution >= 0.6 is 15.9 Å². The molecule has 1 aromatic carbocycles. The van der Waals surface area contributed by atoms with E-state index in [1.807, 2.05) is 0 Å². The van der Waals surface area contributed by atoms with Crippen LogP contribution in [0.3, 0.4) is 0 Å². The van der Waals surface area contributed by atoms with Crippen molar-refractivity contribution in [1.29, 1.82) is 0 Å². The highest BCUT2D eigenvalue weighted by molar-refractivity contribution is 9.10. The van der Waals surface area contributed by atoms with Crippen LogP contribution in [0.4, 0.5) is 8.78 Å². The summed E-state index contributed by atoms with van der Waals surface area (Å²) in [6.45, 7) is 0. The molecule has 0 aliphatic heterocycles. The van der Waals surface area contributed by atoms with E-state index in [1.165, 1.54) is 7.11 Å². The lowest BCUT2D eigenvalue weighted by molar-refractivity contribution is 0.0884. The minimum absolute atomic E-state index is 0.327. The summed E-state index contributed by atoms with van der Waals surface area (Å²) in [6, 6.07) is 4.94. The summed E-state index contributed by atoms with van der Waals surface area (Å²) in [7, 11) is 1.44. The quantitative estimate of drug-likeness (QED) is 0.902. The van der Waals surface area contributed by atoms with E-state index in [9.17, 15) is 8.78 Å². The van der Waals surface area contributed by atoms with Crippen molar-refractivity contribution in [3.05, 3.63) is 28.2 Å². The van der Waals surface area contributed by atoms with Crippen molar-refractivity contribution in [2.45, 2.75) is 17.9 Å². The highest BCUT2D eigenvalue weighted by Crippen LogP contribution is 2.59. The van der Waals surface area contributed by atoms with Gasteiger partial charge in [-0.3, -0.25) is 0 Å². The predicted octanol–water partition coefficient (Wildman–Crippen LogP) is 2.65. The second kappa shape index (κ2) is 3.15. The van der Waals surface area contributed by atoms with E-state index in [-0.39, 0.29) is 6.42 Å². The zero-order valence-corrected chi connectivity index (χ0v) is 9.64. The van der Waals surface area contributed by atoms with Crippen molar-refractivity contribution in [2.24, 2.45) is 5.73 Å². The average Bonchev–Trinajstić information content (AvgIpc) is 2.67. The normalized spacial score (nSPS) is 27.5. The fourth-order valence-corrected chi connectivity index (χ4v) is 1.99. The Bertz CT molecular complexity index is 410. The number of benzene rings is 1. The molecule has 1 aliphatic rings. The Morgan fingerprint density at radius 2 is 2.07 bits per heavy atom. The van der Waals surface area contributed by atoms with Crippen molar-refractivity contribution in [3.8, 4) is 5.75 Å². The summed E-state index contributed by atoms with van der Waals surface area (Å²) in [5, 5.41) is 0. The van der Waals surface area contributed by atoms with Gasteiger partial charge in [0.25, 0.3) is 5.92 Å². The highest BCUT2D eigenvalue weighted by Gasteiger charge is 2.70. The van der Waals surface area contributed by atoms with Crippen LogP contribution in [0, 0.1) is 0 Å². The number of methoxy groups -OCH3 is 1. The van der Waals surface area contributed by atoms with Crippen LogP contribution in [-0.4, -0.2) is 13.0 Å². The number of ether oxygens (including phenoxy) is 1. The van der Waals surface area contributed by atoms with Crippen LogP contribution in [0.15, 0.2) is 22.7 Å². The summed E-state index contributed by atoms with van der Waals surface area (Å²) < 4.78 is 32.0. The Morgan fingerprint density at radius 3 is 2.53 bits per heavy atom. The monoisotopic (exact) mass is 277 g/mol. The molecule has 0 bridgehead atoms. The molecule has 0 heterocycles. The molecule has 2 N–H and O–H groups in total. The zero-order chi connectivity index (χ0) is 11.3. The number of hydrogen-bond donors (Lipinski definition) is 1. The van der Waals surface area contributed by atoms with Gasteiger partial charge in [0.1, 0.15) is 11.3 Å². The third kappa shape index (κ3) is 1.54. The third-order valence-electron chi connectivity index (χ3n) is 2.67. The molecule has 0 amide bonds.